The Morgan fingerprint density at radius 1 is 1.00 bits per heavy atom. The maximum Gasteiger partial charge on any atom is 0.0247 e. The van der Waals surface area contributed by atoms with Crippen LogP contribution in [0, 0.1) is 11.8 Å². The Morgan fingerprint density at radius 2 is 1.80 bits per heavy atom. The highest BCUT2D eigenvalue weighted by Gasteiger charge is 2.38. The number of nitrogens with zero attached hydrogens (tertiary/aromatic N) is 3. The molecule has 20 heavy (non-hydrogen) atoms. The van der Waals surface area contributed by atoms with Crippen LogP contribution in [0.2, 0.25) is 0 Å². The third-order valence-corrected chi connectivity index (χ3v) is 5.82. The summed E-state index contributed by atoms with van der Waals surface area (Å²) in [6, 6.07) is 1.66. The van der Waals surface area contributed by atoms with Crippen molar-refractivity contribution in [2.24, 2.45) is 11.8 Å². The normalized spacial score (nSPS) is 37.5. The minimum atomic E-state index is 0.789. The van der Waals surface area contributed by atoms with Crippen LogP contribution in [0.3, 0.4) is 0 Å². The highest BCUT2D eigenvalue weighted by Crippen LogP contribution is 2.29. The van der Waals surface area contributed by atoms with Gasteiger partial charge in [-0.3, -0.25) is 9.80 Å². The summed E-state index contributed by atoms with van der Waals surface area (Å²) in [5, 5.41) is 0. The maximum absolute atomic E-state index is 2.86. The Balaban J connectivity index is 1.62. The fourth-order valence-electron chi connectivity index (χ4n) is 4.70. The second kappa shape index (κ2) is 6.33. The van der Waals surface area contributed by atoms with E-state index in [1.165, 1.54) is 65.0 Å². The Hall–Kier alpha value is -0.120. The molecule has 0 aliphatic carbocycles. The van der Waals surface area contributed by atoms with Crippen molar-refractivity contribution < 1.29 is 0 Å². The van der Waals surface area contributed by atoms with E-state index in [4.69, 9.17) is 0 Å². The maximum atomic E-state index is 2.86. The van der Waals surface area contributed by atoms with E-state index in [0.717, 1.165) is 23.9 Å². The van der Waals surface area contributed by atoms with Crippen molar-refractivity contribution in [3.8, 4) is 0 Å². The zero-order chi connectivity index (χ0) is 14.1. The minimum Gasteiger partial charge on any atom is -0.306 e. The first-order chi connectivity index (χ1) is 9.63. The van der Waals surface area contributed by atoms with E-state index >= 15 is 0 Å². The third kappa shape index (κ3) is 3.20. The Kier molecular flexibility index (Phi) is 4.68. The van der Waals surface area contributed by atoms with E-state index in [2.05, 4.69) is 35.6 Å². The van der Waals surface area contributed by atoms with Gasteiger partial charge in [0.25, 0.3) is 0 Å². The molecule has 0 aromatic heterocycles. The number of likely N-dealkylation sites (tertiary alicyclic amines) is 1. The van der Waals surface area contributed by atoms with Gasteiger partial charge in [-0.2, -0.15) is 0 Å². The molecule has 3 heteroatoms. The Morgan fingerprint density at radius 3 is 2.55 bits per heavy atom. The van der Waals surface area contributed by atoms with Gasteiger partial charge in [-0.05, 0) is 57.7 Å². The molecular weight excluding hydrogens is 246 g/mol. The number of piperazine rings is 1. The number of piperidine rings is 1. The monoisotopic (exact) mass is 279 g/mol. The van der Waals surface area contributed by atoms with Gasteiger partial charge in [0, 0.05) is 38.3 Å². The standard InChI is InChI=1S/C17H33N3/c1-14(2)17-13-19-9-5-7-16(19)12-20(17)11-15-6-4-8-18(3)10-15/h14-17H,4-13H2,1-3H3. The number of rotatable bonds is 3. The fourth-order valence-corrected chi connectivity index (χ4v) is 4.70. The molecule has 0 saturated carbocycles. The molecule has 0 spiro atoms. The average molecular weight is 279 g/mol. The molecule has 0 N–H and O–H groups in total. The molecule has 116 valence electrons. The minimum absolute atomic E-state index is 0.789. The SMILES string of the molecule is CC(C)C1CN2CCCC2CN1CC1CCCN(C)C1. The van der Waals surface area contributed by atoms with Crippen LogP contribution in [0.15, 0.2) is 0 Å². The predicted octanol–water partition coefficient (Wildman–Crippen LogP) is 2.13. The number of hydrogen-bond donors (Lipinski definition) is 0. The molecular formula is C17H33N3. The topological polar surface area (TPSA) is 9.72 Å². The van der Waals surface area contributed by atoms with Gasteiger partial charge in [0.15, 0.2) is 0 Å². The highest BCUT2D eigenvalue weighted by molar-refractivity contribution is 4.94. The zero-order valence-electron chi connectivity index (χ0n) is 13.7. The summed E-state index contributed by atoms with van der Waals surface area (Å²) in [5.41, 5.74) is 0. The van der Waals surface area contributed by atoms with E-state index in [1.807, 2.05) is 0 Å². The van der Waals surface area contributed by atoms with Crippen LogP contribution in [-0.4, -0.2) is 73.1 Å². The largest absolute Gasteiger partial charge is 0.306 e. The zero-order valence-corrected chi connectivity index (χ0v) is 13.7. The van der Waals surface area contributed by atoms with Gasteiger partial charge in [-0.25, -0.2) is 0 Å². The van der Waals surface area contributed by atoms with E-state index in [0.29, 0.717) is 0 Å². The molecule has 3 rings (SSSR count). The van der Waals surface area contributed by atoms with Gasteiger partial charge in [0.1, 0.15) is 0 Å². The average Bonchev–Trinajstić information content (AvgIpc) is 2.84. The lowest BCUT2D eigenvalue weighted by molar-refractivity contribution is 0.0114. The van der Waals surface area contributed by atoms with Crippen molar-refractivity contribution in [1.82, 2.24) is 14.7 Å². The first-order valence-corrected chi connectivity index (χ1v) is 8.80. The molecule has 3 heterocycles. The lowest BCUT2D eigenvalue weighted by Gasteiger charge is -2.47. The smallest absolute Gasteiger partial charge is 0.0247 e. The lowest BCUT2D eigenvalue weighted by Crippen LogP contribution is -2.59. The first-order valence-electron chi connectivity index (χ1n) is 8.80. The third-order valence-electron chi connectivity index (χ3n) is 5.82. The number of hydrogen-bond acceptors (Lipinski definition) is 3. The molecule has 3 aliphatic heterocycles. The van der Waals surface area contributed by atoms with Gasteiger partial charge >= 0.3 is 0 Å². The molecule has 0 amide bonds. The second-order valence-electron chi connectivity index (χ2n) is 7.83. The predicted molar refractivity (Wildman–Crippen MR) is 85.0 cm³/mol. The van der Waals surface area contributed by atoms with Crippen molar-refractivity contribution >= 4 is 0 Å². The molecule has 0 aromatic rings. The molecule has 3 atom stereocenters. The van der Waals surface area contributed by atoms with E-state index in [9.17, 15) is 0 Å². The second-order valence-corrected chi connectivity index (χ2v) is 7.83. The summed E-state index contributed by atoms with van der Waals surface area (Å²) in [7, 11) is 2.29. The van der Waals surface area contributed by atoms with E-state index < -0.39 is 0 Å². The quantitative estimate of drug-likeness (QED) is 0.783. The first kappa shape index (κ1) is 14.8. The highest BCUT2D eigenvalue weighted by atomic mass is 15.3. The van der Waals surface area contributed by atoms with Crippen molar-refractivity contribution in [2.45, 2.75) is 51.6 Å². The van der Waals surface area contributed by atoms with Crippen LogP contribution >= 0.6 is 0 Å². The summed E-state index contributed by atoms with van der Waals surface area (Å²) in [4.78, 5) is 8.17. The van der Waals surface area contributed by atoms with Crippen LogP contribution < -0.4 is 0 Å². The lowest BCUT2D eigenvalue weighted by atomic mass is 9.92. The molecule has 3 saturated heterocycles. The molecule has 3 fully saturated rings. The summed E-state index contributed by atoms with van der Waals surface area (Å²) >= 11 is 0. The van der Waals surface area contributed by atoms with E-state index in [-0.39, 0.29) is 0 Å². The summed E-state index contributed by atoms with van der Waals surface area (Å²) in [6.45, 7) is 12.8. The van der Waals surface area contributed by atoms with Gasteiger partial charge in [-0.15, -0.1) is 0 Å². The molecule has 0 radical (unpaired) electrons. The van der Waals surface area contributed by atoms with Crippen molar-refractivity contribution in [2.75, 3.05) is 46.3 Å². The van der Waals surface area contributed by atoms with Crippen LogP contribution in [0.5, 0.6) is 0 Å². The molecule has 3 nitrogen and oxygen atoms in total. The van der Waals surface area contributed by atoms with Gasteiger partial charge in [0.2, 0.25) is 0 Å². The molecule has 3 unspecified atom stereocenters. The molecule has 0 bridgehead atoms. The summed E-state index contributed by atoms with van der Waals surface area (Å²) in [5.74, 6) is 1.70. The fraction of sp³-hybridized carbons (Fsp3) is 1.00. The van der Waals surface area contributed by atoms with Crippen molar-refractivity contribution in [3.63, 3.8) is 0 Å². The van der Waals surface area contributed by atoms with Gasteiger partial charge < -0.3 is 4.90 Å². The van der Waals surface area contributed by atoms with Crippen molar-refractivity contribution in [3.05, 3.63) is 0 Å². The summed E-state index contributed by atoms with van der Waals surface area (Å²) < 4.78 is 0. The van der Waals surface area contributed by atoms with Crippen LogP contribution in [0.1, 0.15) is 39.5 Å². The van der Waals surface area contributed by atoms with Crippen molar-refractivity contribution in [1.29, 1.82) is 0 Å². The van der Waals surface area contributed by atoms with Gasteiger partial charge in [-0.1, -0.05) is 13.8 Å². The number of fused-ring (bicyclic) bond motifs is 1. The van der Waals surface area contributed by atoms with Crippen LogP contribution in [0.4, 0.5) is 0 Å². The van der Waals surface area contributed by atoms with Crippen LogP contribution in [0.25, 0.3) is 0 Å². The summed E-state index contributed by atoms with van der Waals surface area (Å²) in [6.07, 6.45) is 5.71. The molecule has 0 aromatic carbocycles. The Labute approximate surface area is 125 Å². The van der Waals surface area contributed by atoms with Crippen LogP contribution in [-0.2, 0) is 0 Å². The molecule has 3 aliphatic rings. The Bertz CT molecular complexity index is 317. The van der Waals surface area contributed by atoms with Gasteiger partial charge in [0.05, 0.1) is 0 Å². The van der Waals surface area contributed by atoms with E-state index in [1.54, 1.807) is 0 Å².